The van der Waals surface area contributed by atoms with Crippen molar-refractivity contribution in [3.8, 4) is 11.3 Å². The van der Waals surface area contributed by atoms with Crippen molar-refractivity contribution in [2.75, 3.05) is 5.32 Å². The van der Waals surface area contributed by atoms with Crippen LogP contribution in [0.25, 0.3) is 22.2 Å². The van der Waals surface area contributed by atoms with E-state index in [2.05, 4.69) is 10.3 Å². The second-order valence-electron chi connectivity index (χ2n) is 5.41. The zero-order chi connectivity index (χ0) is 16.2. The van der Waals surface area contributed by atoms with E-state index in [1.54, 1.807) is 12.1 Å². The number of anilines is 1. The first-order valence-corrected chi connectivity index (χ1v) is 8.34. The fourth-order valence-electron chi connectivity index (χ4n) is 2.96. The summed E-state index contributed by atoms with van der Waals surface area (Å²) in [7, 11) is -4.55. The van der Waals surface area contributed by atoms with Crippen LogP contribution in [-0.2, 0) is 21.3 Å². The van der Waals surface area contributed by atoms with E-state index in [9.17, 15) is 17.8 Å². The fraction of sp³-hybridized carbons (Fsp3) is 0.0625. The Morgan fingerprint density at radius 1 is 1.09 bits per heavy atom. The Labute approximate surface area is 131 Å². The Kier molecular flexibility index (Phi) is 2.84. The van der Waals surface area contributed by atoms with Gasteiger partial charge in [-0.25, -0.2) is 8.42 Å². The molecule has 2 N–H and O–H groups in total. The summed E-state index contributed by atoms with van der Waals surface area (Å²) in [5, 5.41) is 3.40. The normalized spacial score (nSPS) is 14.0. The second kappa shape index (κ2) is 4.68. The van der Waals surface area contributed by atoms with Gasteiger partial charge >= 0.3 is 0 Å². The second-order valence-corrected chi connectivity index (χ2v) is 6.79. The molecule has 0 bridgehead atoms. The fourth-order valence-corrected chi connectivity index (χ4v) is 3.46. The smallest absolute Gasteiger partial charge is 0.228 e. The highest BCUT2D eigenvalue weighted by Crippen LogP contribution is 2.37. The SMILES string of the molecule is O=C1Cc2c([nH]c3ccc(S(=O)(=O)[O-])cc23)-c2ccccc2N1. The lowest BCUT2D eigenvalue weighted by molar-refractivity contribution is -0.115. The van der Waals surface area contributed by atoms with Crippen LogP contribution in [0.5, 0.6) is 0 Å². The number of fused-ring (bicyclic) bond motifs is 5. The van der Waals surface area contributed by atoms with E-state index in [4.69, 9.17) is 0 Å². The number of aromatic amines is 1. The molecule has 0 radical (unpaired) electrons. The first-order valence-electron chi connectivity index (χ1n) is 6.93. The lowest BCUT2D eigenvalue weighted by Crippen LogP contribution is -2.12. The molecule has 1 aliphatic rings. The molecule has 1 aromatic heterocycles. The molecule has 0 aliphatic carbocycles. The van der Waals surface area contributed by atoms with Crippen molar-refractivity contribution in [3.63, 3.8) is 0 Å². The molecule has 6 nitrogen and oxygen atoms in total. The summed E-state index contributed by atoms with van der Waals surface area (Å²) in [5.41, 5.74) is 3.66. The topological polar surface area (TPSA) is 102 Å². The van der Waals surface area contributed by atoms with E-state index in [0.717, 1.165) is 11.3 Å². The number of hydrogen-bond acceptors (Lipinski definition) is 4. The summed E-state index contributed by atoms with van der Waals surface area (Å²) in [6.45, 7) is 0. The van der Waals surface area contributed by atoms with Gasteiger partial charge in [0.05, 0.1) is 22.7 Å². The minimum absolute atomic E-state index is 0.104. The number of hydrogen-bond donors (Lipinski definition) is 2. The third-order valence-electron chi connectivity index (χ3n) is 3.97. The maximum atomic E-state index is 12.1. The van der Waals surface area contributed by atoms with Crippen LogP contribution in [-0.4, -0.2) is 23.9 Å². The number of rotatable bonds is 1. The standard InChI is InChI=1S/C16H12N2O4S/c19-15-8-12-11-7-9(23(20,21)22)5-6-14(11)18-16(12)10-3-1-2-4-13(10)17-15/h1-7,18H,8H2,(H,17,19)(H,20,21,22)/p-1. The molecule has 0 saturated carbocycles. The zero-order valence-corrected chi connectivity index (χ0v) is 12.6. The molecule has 3 aromatic rings. The first kappa shape index (κ1) is 14.0. The maximum absolute atomic E-state index is 12.1. The van der Waals surface area contributed by atoms with Crippen LogP contribution in [0.3, 0.4) is 0 Å². The van der Waals surface area contributed by atoms with Gasteiger partial charge in [-0.1, -0.05) is 18.2 Å². The highest BCUT2D eigenvalue weighted by molar-refractivity contribution is 7.85. The molecule has 4 rings (SSSR count). The average Bonchev–Trinajstić information content (AvgIpc) is 2.77. The summed E-state index contributed by atoms with van der Waals surface area (Å²) >= 11 is 0. The highest BCUT2D eigenvalue weighted by atomic mass is 32.2. The zero-order valence-electron chi connectivity index (χ0n) is 11.8. The maximum Gasteiger partial charge on any atom is 0.228 e. The number of aromatic nitrogens is 1. The Morgan fingerprint density at radius 3 is 2.65 bits per heavy atom. The molecule has 1 amide bonds. The van der Waals surface area contributed by atoms with Gasteiger partial charge in [0.25, 0.3) is 0 Å². The van der Waals surface area contributed by atoms with Gasteiger partial charge < -0.3 is 14.9 Å². The lowest BCUT2D eigenvalue weighted by Gasteiger charge is -2.07. The quantitative estimate of drug-likeness (QED) is 0.669. The molecular formula is C16H11N2O4S-. The van der Waals surface area contributed by atoms with Crippen LogP contribution in [0.1, 0.15) is 5.56 Å². The minimum Gasteiger partial charge on any atom is -0.744 e. The average molecular weight is 327 g/mol. The van der Waals surface area contributed by atoms with Crippen molar-refractivity contribution in [3.05, 3.63) is 48.0 Å². The van der Waals surface area contributed by atoms with Crippen LogP contribution in [0.15, 0.2) is 47.4 Å². The monoisotopic (exact) mass is 327 g/mol. The van der Waals surface area contributed by atoms with Crippen molar-refractivity contribution in [1.29, 1.82) is 0 Å². The van der Waals surface area contributed by atoms with Crippen LogP contribution in [0.4, 0.5) is 5.69 Å². The van der Waals surface area contributed by atoms with Crippen molar-refractivity contribution >= 4 is 32.6 Å². The van der Waals surface area contributed by atoms with Crippen LogP contribution in [0, 0.1) is 0 Å². The molecule has 23 heavy (non-hydrogen) atoms. The summed E-state index contributed by atoms with van der Waals surface area (Å²) in [6.07, 6.45) is 0.104. The van der Waals surface area contributed by atoms with Gasteiger partial charge in [0.2, 0.25) is 5.91 Å². The van der Waals surface area contributed by atoms with Crippen molar-refractivity contribution in [2.24, 2.45) is 0 Å². The van der Waals surface area contributed by atoms with Crippen LogP contribution >= 0.6 is 0 Å². The minimum atomic E-state index is -4.55. The van der Waals surface area contributed by atoms with E-state index < -0.39 is 10.1 Å². The molecule has 0 atom stereocenters. The number of amides is 1. The molecule has 2 aromatic carbocycles. The van der Waals surface area contributed by atoms with Gasteiger partial charge in [-0.15, -0.1) is 0 Å². The van der Waals surface area contributed by atoms with Gasteiger partial charge in [-0.05, 0) is 29.8 Å². The number of nitrogens with one attached hydrogen (secondary N) is 2. The largest absolute Gasteiger partial charge is 0.744 e. The summed E-state index contributed by atoms with van der Waals surface area (Å²) in [4.78, 5) is 15.0. The van der Waals surface area contributed by atoms with E-state index in [1.165, 1.54) is 12.1 Å². The van der Waals surface area contributed by atoms with E-state index >= 15 is 0 Å². The highest BCUT2D eigenvalue weighted by Gasteiger charge is 2.22. The Morgan fingerprint density at radius 2 is 1.87 bits per heavy atom. The molecule has 0 spiro atoms. The van der Waals surface area contributed by atoms with E-state index in [-0.39, 0.29) is 17.2 Å². The Hall–Kier alpha value is -2.64. The number of carbonyl (C=O) groups is 1. The third kappa shape index (κ3) is 2.21. The molecule has 116 valence electrons. The summed E-state index contributed by atoms with van der Waals surface area (Å²) in [6, 6.07) is 11.5. The molecule has 0 fully saturated rings. The Balaban J connectivity index is 2.06. The predicted octanol–water partition coefficient (Wildman–Crippen LogP) is 2.23. The van der Waals surface area contributed by atoms with Crippen LogP contribution < -0.4 is 5.32 Å². The van der Waals surface area contributed by atoms with Crippen molar-refractivity contribution in [1.82, 2.24) is 4.98 Å². The molecule has 7 heteroatoms. The Bertz CT molecular complexity index is 1070. The lowest BCUT2D eigenvalue weighted by atomic mass is 10.0. The third-order valence-corrected chi connectivity index (χ3v) is 4.81. The van der Waals surface area contributed by atoms with Gasteiger partial charge in [0, 0.05) is 16.5 Å². The molecular weight excluding hydrogens is 316 g/mol. The van der Waals surface area contributed by atoms with Gasteiger partial charge in [0.1, 0.15) is 10.1 Å². The van der Waals surface area contributed by atoms with Crippen LogP contribution in [0.2, 0.25) is 0 Å². The number of carbonyl (C=O) groups excluding carboxylic acids is 1. The van der Waals surface area contributed by atoms with Gasteiger partial charge in [-0.3, -0.25) is 4.79 Å². The molecule has 0 unspecified atom stereocenters. The molecule has 1 aliphatic heterocycles. The van der Waals surface area contributed by atoms with Gasteiger partial charge in [0.15, 0.2) is 0 Å². The van der Waals surface area contributed by atoms with E-state index in [0.29, 0.717) is 22.2 Å². The van der Waals surface area contributed by atoms with E-state index in [1.807, 2.05) is 18.2 Å². The molecule has 0 saturated heterocycles. The first-order chi connectivity index (χ1) is 10.9. The molecule has 2 heterocycles. The van der Waals surface area contributed by atoms with Crippen molar-refractivity contribution in [2.45, 2.75) is 11.3 Å². The van der Waals surface area contributed by atoms with Gasteiger partial charge in [-0.2, -0.15) is 0 Å². The predicted molar refractivity (Wildman–Crippen MR) is 84.0 cm³/mol. The summed E-state index contributed by atoms with van der Waals surface area (Å²) < 4.78 is 33.8. The van der Waals surface area contributed by atoms with Crippen molar-refractivity contribution < 1.29 is 17.8 Å². The number of H-pyrrole nitrogens is 1. The number of benzene rings is 2. The summed E-state index contributed by atoms with van der Waals surface area (Å²) in [5.74, 6) is -0.188. The number of para-hydroxylation sites is 1.